The van der Waals surface area contributed by atoms with Crippen LogP contribution in [0, 0.1) is 0 Å². The smallest absolute Gasteiger partial charge is 0.145 e. The monoisotopic (exact) mass is 806 g/mol. The lowest BCUT2D eigenvalue weighted by Gasteiger charge is -2.18. The maximum absolute atomic E-state index is 5.18. The normalized spacial score (nSPS) is 12.4. The second-order valence-electron chi connectivity index (χ2n) is 18.3. The van der Waals surface area contributed by atoms with Crippen molar-refractivity contribution in [1.29, 1.82) is 0 Å². The highest BCUT2D eigenvalue weighted by atomic mass is 15.1. The molecule has 0 spiro atoms. The summed E-state index contributed by atoms with van der Waals surface area (Å²) in [6, 6.07) is 55.4. The van der Waals surface area contributed by atoms with E-state index in [9.17, 15) is 0 Å². The molecule has 4 aromatic heterocycles. The van der Waals surface area contributed by atoms with Gasteiger partial charge in [0.15, 0.2) is 0 Å². The van der Waals surface area contributed by atoms with Gasteiger partial charge in [0.25, 0.3) is 0 Å². The van der Waals surface area contributed by atoms with Crippen molar-refractivity contribution < 1.29 is 0 Å². The maximum Gasteiger partial charge on any atom is 0.145 e. The molecule has 62 heavy (non-hydrogen) atoms. The van der Waals surface area contributed by atoms with Gasteiger partial charge in [-0.3, -0.25) is 9.13 Å². The van der Waals surface area contributed by atoms with Crippen molar-refractivity contribution in [3.63, 3.8) is 0 Å². The molecule has 0 saturated heterocycles. The number of benzene rings is 7. The molecule has 302 valence electrons. The van der Waals surface area contributed by atoms with Gasteiger partial charge in [-0.05, 0) is 119 Å². The number of hydrogen-bond acceptors (Lipinski definition) is 4. The SMILES string of the molecule is CC(C)(C)c1ccc2nc(-c3ccc(-n4c(-c5ccc(-c6nc7ccccc7n6-c6ccc(-c7nc8ccc(C(C)(C)C)cc8[nH]7)cc6)cc5)nc5ccccc54)cc3)[nH]c2c1. The summed E-state index contributed by atoms with van der Waals surface area (Å²) in [6.45, 7) is 13.4. The van der Waals surface area contributed by atoms with Crippen molar-refractivity contribution in [3.05, 3.63) is 169 Å². The molecule has 0 aliphatic carbocycles. The van der Waals surface area contributed by atoms with Gasteiger partial charge in [-0.1, -0.05) is 102 Å². The third-order valence-corrected chi connectivity index (χ3v) is 12.0. The third-order valence-electron chi connectivity index (χ3n) is 12.0. The first-order valence-corrected chi connectivity index (χ1v) is 21.2. The van der Waals surface area contributed by atoms with Gasteiger partial charge in [-0.25, -0.2) is 19.9 Å². The van der Waals surface area contributed by atoms with E-state index in [-0.39, 0.29) is 10.8 Å². The molecular formula is C54H46N8. The maximum atomic E-state index is 5.18. The molecule has 0 bridgehead atoms. The Hall–Kier alpha value is -7.58. The van der Waals surface area contributed by atoms with Gasteiger partial charge < -0.3 is 9.97 Å². The van der Waals surface area contributed by atoms with E-state index in [1.165, 1.54) is 11.1 Å². The van der Waals surface area contributed by atoms with E-state index >= 15 is 0 Å². The van der Waals surface area contributed by atoms with Gasteiger partial charge in [0.2, 0.25) is 0 Å². The van der Waals surface area contributed by atoms with Gasteiger partial charge in [-0.2, -0.15) is 0 Å². The Balaban J connectivity index is 0.927. The summed E-state index contributed by atoms with van der Waals surface area (Å²) in [6.07, 6.45) is 0. The van der Waals surface area contributed by atoms with Crippen LogP contribution in [0.15, 0.2) is 158 Å². The van der Waals surface area contributed by atoms with Crippen molar-refractivity contribution >= 4 is 44.1 Å². The minimum absolute atomic E-state index is 0.0620. The van der Waals surface area contributed by atoms with E-state index in [4.69, 9.17) is 19.9 Å². The lowest BCUT2D eigenvalue weighted by Crippen LogP contribution is -2.10. The minimum atomic E-state index is 0.0620. The Morgan fingerprint density at radius 2 is 0.742 bits per heavy atom. The summed E-state index contributed by atoms with van der Waals surface area (Å²) >= 11 is 0. The lowest BCUT2D eigenvalue weighted by molar-refractivity contribution is 0.590. The zero-order valence-electron chi connectivity index (χ0n) is 35.7. The van der Waals surface area contributed by atoms with Crippen LogP contribution < -0.4 is 0 Å². The van der Waals surface area contributed by atoms with Gasteiger partial charge in [0.05, 0.1) is 44.1 Å². The first-order valence-electron chi connectivity index (χ1n) is 21.2. The quantitative estimate of drug-likeness (QED) is 0.175. The zero-order valence-corrected chi connectivity index (χ0v) is 35.7. The highest BCUT2D eigenvalue weighted by molar-refractivity contribution is 5.87. The molecule has 2 N–H and O–H groups in total. The van der Waals surface area contributed by atoms with Crippen molar-refractivity contribution in [1.82, 2.24) is 39.0 Å². The first-order chi connectivity index (χ1) is 29.9. The van der Waals surface area contributed by atoms with E-state index in [0.29, 0.717) is 0 Å². The Morgan fingerprint density at radius 3 is 1.13 bits per heavy atom. The van der Waals surface area contributed by atoms with Crippen molar-refractivity contribution in [3.8, 4) is 56.9 Å². The molecule has 7 aromatic carbocycles. The molecule has 0 aliphatic rings. The molecular weight excluding hydrogens is 761 g/mol. The molecule has 8 nitrogen and oxygen atoms in total. The van der Waals surface area contributed by atoms with E-state index in [0.717, 1.165) is 101 Å². The Bertz CT molecular complexity index is 3220. The molecule has 0 amide bonds. The molecule has 0 fully saturated rings. The fraction of sp³-hybridized carbons (Fsp3) is 0.148. The molecule has 4 heterocycles. The van der Waals surface area contributed by atoms with Crippen LogP contribution in [0.4, 0.5) is 0 Å². The van der Waals surface area contributed by atoms with Gasteiger partial charge in [0, 0.05) is 33.6 Å². The van der Waals surface area contributed by atoms with Gasteiger partial charge >= 0.3 is 0 Å². The number of rotatable bonds is 6. The van der Waals surface area contributed by atoms with Crippen LogP contribution in [0.2, 0.25) is 0 Å². The average Bonchev–Trinajstić information content (AvgIpc) is 4.08. The largest absolute Gasteiger partial charge is 0.338 e. The van der Waals surface area contributed by atoms with Crippen molar-refractivity contribution in [2.75, 3.05) is 0 Å². The second-order valence-corrected chi connectivity index (χ2v) is 18.3. The topological polar surface area (TPSA) is 93.0 Å². The molecule has 0 atom stereocenters. The lowest BCUT2D eigenvalue weighted by atomic mass is 9.87. The number of para-hydroxylation sites is 4. The Morgan fingerprint density at radius 1 is 0.371 bits per heavy atom. The summed E-state index contributed by atoms with van der Waals surface area (Å²) in [5, 5.41) is 0. The Labute approximate surface area is 360 Å². The summed E-state index contributed by atoms with van der Waals surface area (Å²) in [5.41, 5.74) is 16.8. The number of aromatic nitrogens is 8. The molecule has 0 saturated carbocycles. The van der Waals surface area contributed by atoms with E-state index in [1.54, 1.807) is 0 Å². The van der Waals surface area contributed by atoms with E-state index in [1.807, 2.05) is 12.1 Å². The predicted molar refractivity (Wildman–Crippen MR) is 254 cm³/mol. The van der Waals surface area contributed by atoms with E-state index < -0.39 is 0 Å². The molecule has 11 rings (SSSR count). The summed E-state index contributed by atoms with van der Waals surface area (Å²) < 4.78 is 4.48. The van der Waals surface area contributed by atoms with Crippen LogP contribution in [-0.4, -0.2) is 39.0 Å². The standard InChI is InChI=1S/C54H46N8/c1-53(2,3)37-23-29-41-45(31-37)57-49(55-41)33-19-25-39(26-20-33)61-47-13-9-7-11-43(47)59-51(61)35-15-17-36(18-16-35)52-60-44-12-8-10-14-48(44)62(52)40-27-21-34(22-28-40)50-56-42-30-24-38(54(4,5)6)32-46(42)58-50/h7-32H,1-6H3,(H,55,57)(H,56,58). The number of aromatic amines is 2. The molecule has 0 aliphatic heterocycles. The molecule has 8 heteroatoms. The van der Waals surface area contributed by atoms with Crippen LogP contribution in [0.5, 0.6) is 0 Å². The average molecular weight is 807 g/mol. The van der Waals surface area contributed by atoms with Crippen LogP contribution in [0.3, 0.4) is 0 Å². The number of hydrogen-bond donors (Lipinski definition) is 2. The number of nitrogens with one attached hydrogen (secondary N) is 2. The van der Waals surface area contributed by atoms with Crippen LogP contribution in [0.1, 0.15) is 52.7 Å². The zero-order chi connectivity index (χ0) is 42.3. The highest BCUT2D eigenvalue weighted by Crippen LogP contribution is 2.35. The molecule has 11 aromatic rings. The molecule has 0 unspecified atom stereocenters. The van der Waals surface area contributed by atoms with E-state index in [2.05, 4.69) is 206 Å². The number of imidazole rings is 4. The third kappa shape index (κ3) is 6.46. The summed E-state index contributed by atoms with van der Waals surface area (Å²) in [5.74, 6) is 3.44. The van der Waals surface area contributed by atoms with Crippen LogP contribution in [-0.2, 0) is 10.8 Å². The number of fused-ring (bicyclic) bond motifs is 4. The summed E-state index contributed by atoms with van der Waals surface area (Å²) in [4.78, 5) is 27.3. The first kappa shape index (κ1) is 37.4. The predicted octanol–water partition coefficient (Wildman–Crippen LogP) is 13.4. The van der Waals surface area contributed by atoms with Crippen LogP contribution >= 0.6 is 0 Å². The highest BCUT2D eigenvalue weighted by Gasteiger charge is 2.20. The number of nitrogens with zero attached hydrogens (tertiary/aromatic N) is 6. The number of H-pyrrole nitrogens is 2. The van der Waals surface area contributed by atoms with Gasteiger partial charge in [-0.15, -0.1) is 0 Å². The van der Waals surface area contributed by atoms with Crippen molar-refractivity contribution in [2.45, 2.75) is 52.4 Å². The Kier molecular flexibility index (Phi) is 8.45. The molecule has 0 radical (unpaired) electrons. The summed E-state index contributed by atoms with van der Waals surface area (Å²) in [7, 11) is 0. The van der Waals surface area contributed by atoms with Crippen LogP contribution in [0.25, 0.3) is 101 Å². The fourth-order valence-corrected chi connectivity index (χ4v) is 8.49. The fourth-order valence-electron chi connectivity index (χ4n) is 8.49. The van der Waals surface area contributed by atoms with Gasteiger partial charge in [0.1, 0.15) is 23.3 Å². The minimum Gasteiger partial charge on any atom is -0.338 e. The van der Waals surface area contributed by atoms with Crippen molar-refractivity contribution in [2.24, 2.45) is 0 Å². The second kappa shape index (κ2) is 14.0.